The van der Waals surface area contributed by atoms with Gasteiger partial charge in [0.25, 0.3) is 0 Å². The van der Waals surface area contributed by atoms with Crippen LogP contribution in [0.25, 0.3) is 0 Å². The highest BCUT2D eigenvalue weighted by Crippen LogP contribution is 2.13. The van der Waals surface area contributed by atoms with Crippen LogP contribution in [0.5, 0.6) is 0 Å². The summed E-state index contributed by atoms with van der Waals surface area (Å²) < 4.78 is 55.7. The Hall–Kier alpha value is -0.400. The fourth-order valence-corrected chi connectivity index (χ4v) is 5.82. The molecule has 0 saturated carbocycles. The molecule has 0 spiro atoms. The van der Waals surface area contributed by atoms with Crippen molar-refractivity contribution < 1.29 is 47.4 Å². The maximum Gasteiger partial charge on any atom is 0.0701 e. The predicted molar refractivity (Wildman–Crippen MR) is 221 cm³/mol. The van der Waals surface area contributed by atoms with E-state index in [9.17, 15) is 0 Å². The van der Waals surface area contributed by atoms with Crippen molar-refractivity contribution in [1.29, 1.82) is 0 Å². The highest BCUT2D eigenvalue weighted by molar-refractivity contribution is 4.50. The molecule has 54 heavy (non-hydrogen) atoms. The third-order valence-electron chi connectivity index (χ3n) is 9.13. The summed E-state index contributed by atoms with van der Waals surface area (Å²) in [4.78, 5) is 0. The van der Waals surface area contributed by atoms with Crippen LogP contribution in [0.1, 0.15) is 155 Å². The summed E-state index contributed by atoms with van der Waals surface area (Å²) in [5.41, 5.74) is 0. The molecule has 0 aliphatic heterocycles. The summed E-state index contributed by atoms with van der Waals surface area (Å²) in [5, 5.41) is 0. The first-order valence-corrected chi connectivity index (χ1v) is 22.7. The van der Waals surface area contributed by atoms with Gasteiger partial charge in [-0.1, -0.05) is 142 Å². The molecule has 10 nitrogen and oxygen atoms in total. The zero-order chi connectivity index (χ0) is 38.8. The quantitative estimate of drug-likeness (QED) is 0.0556. The van der Waals surface area contributed by atoms with Crippen molar-refractivity contribution in [1.82, 2.24) is 0 Å². The molecule has 0 rings (SSSR count). The molecule has 0 radical (unpaired) electrons. The number of ether oxygens (including phenoxy) is 10. The van der Waals surface area contributed by atoms with Crippen LogP contribution in [0.15, 0.2) is 0 Å². The molecule has 0 atom stereocenters. The maximum atomic E-state index is 5.69. The molecule has 0 heterocycles. The zero-order valence-electron chi connectivity index (χ0n) is 35.8. The van der Waals surface area contributed by atoms with Gasteiger partial charge < -0.3 is 47.4 Å². The lowest BCUT2D eigenvalue weighted by atomic mass is 10.0. The Labute approximate surface area is 334 Å². The minimum absolute atomic E-state index is 0.535. The third kappa shape index (κ3) is 51.6. The Morgan fingerprint density at radius 2 is 0.278 bits per heavy atom. The second-order valence-corrected chi connectivity index (χ2v) is 14.2. The van der Waals surface area contributed by atoms with E-state index >= 15 is 0 Å². The minimum atomic E-state index is 0.535. The van der Waals surface area contributed by atoms with Gasteiger partial charge in [-0.05, 0) is 12.8 Å². The van der Waals surface area contributed by atoms with E-state index in [4.69, 9.17) is 47.4 Å². The SMILES string of the molecule is CCCCCCCCCCCCCCCCOCCOCCOCCOCCOCCOCCOCCOCCOCCOCCCCCCCCCC. The van der Waals surface area contributed by atoms with Gasteiger partial charge in [0.2, 0.25) is 0 Å². The van der Waals surface area contributed by atoms with E-state index in [1.54, 1.807) is 0 Å². The molecule has 0 amide bonds. The minimum Gasteiger partial charge on any atom is -0.379 e. The van der Waals surface area contributed by atoms with Crippen LogP contribution in [0.3, 0.4) is 0 Å². The van der Waals surface area contributed by atoms with Crippen LogP contribution in [0.2, 0.25) is 0 Å². The molecule has 0 aliphatic carbocycles. The zero-order valence-corrected chi connectivity index (χ0v) is 35.8. The average Bonchev–Trinajstić information content (AvgIpc) is 3.18. The summed E-state index contributed by atoms with van der Waals surface area (Å²) in [6.07, 6.45) is 29.9. The van der Waals surface area contributed by atoms with Gasteiger partial charge in [-0.25, -0.2) is 0 Å². The Balaban J connectivity index is 3.05. The van der Waals surface area contributed by atoms with Crippen molar-refractivity contribution in [2.24, 2.45) is 0 Å². The van der Waals surface area contributed by atoms with Crippen LogP contribution < -0.4 is 0 Å². The van der Waals surface area contributed by atoms with Gasteiger partial charge in [0, 0.05) is 13.2 Å². The number of rotatable bonds is 51. The predicted octanol–water partition coefficient (Wildman–Crippen LogP) is 9.77. The molecule has 0 aromatic rings. The summed E-state index contributed by atoms with van der Waals surface area (Å²) in [6, 6.07) is 0. The summed E-state index contributed by atoms with van der Waals surface area (Å²) in [5.74, 6) is 0. The Kier molecular flexibility index (Phi) is 52.2. The molecule has 0 fully saturated rings. The van der Waals surface area contributed by atoms with Crippen molar-refractivity contribution in [2.45, 2.75) is 155 Å². The third-order valence-corrected chi connectivity index (χ3v) is 9.13. The van der Waals surface area contributed by atoms with Crippen molar-refractivity contribution in [3.05, 3.63) is 0 Å². The molecule has 326 valence electrons. The summed E-state index contributed by atoms with van der Waals surface area (Å²) in [7, 11) is 0. The van der Waals surface area contributed by atoms with Crippen LogP contribution >= 0.6 is 0 Å². The highest BCUT2D eigenvalue weighted by atomic mass is 16.6. The number of hydrogen-bond donors (Lipinski definition) is 0. The van der Waals surface area contributed by atoms with E-state index in [0.717, 1.165) is 26.1 Å². The summed E-state index contributed by atoms with van der Waals surface area (Å²) >= 11 is 0. The first kappa shape index (κ1) is 53.6. The molecule has 10 heteroatoms. The van der Waals surface area contributed by atoms with Gasteiger partial charge >= 0.3 is 0 Å². The van der Waals surface area contributed by atoms with Crippen molar-refractivity contribution in [3.63, 3.8) is 0 Å². The standard InChI is InChI=1S/C44H90O10/c1-3-5-7-9-11-13-14-15-16-17-18-20-22-24-26-46-28-30-48-32-34-50-36-38-52-40-42-54-44-43-53-41-39-51-37-35-49-33-31-47-29-27-45-25-23-21-19-12-10-8-6-4-2/h3-44H2,1-2H3. The van der Waals surface area contributed by atoms with E-state index in [0.29, 0.717) is 119 Å². The first-order valence-electron chi connectivity index (χ1n) is 22.7. The lowest BCUT2D eigenvalue weighted by Gasteiger charge is -2.09. The van der Waals surface area contributed by atoms with E-state index < -0.39 is 0 Å². The molecule has 0 aliphatic rings. The van der Waals surface area contributed by atoms with Crippen molar-refractivity contribution in [3.8, 4) is 0 Å². The molecular formula is C44H90O10. The van der Waals surface area contributed by atoms with E-state index in [2.05, 4.69) is 13.8 Å². The molecular weight excluding hydrogens is 688 g/mol. The molecule has 0 saturated heterocycles. The normalized spacial score (nSPS) is 11.7. The Morgan fingerprint density at radius 1 is 0.148 bits per heavy atom. The van der Waals surface area contributed by atoms with Gasteiger partial charge in [-0.2, -0.15) is 0 Å². The number of hydrogen-bond acceptors (Lipinski definition) is 10. The highest BCUT2D eigenvalue weighted by Gasteiger charge is 1.98. The van der Waals surface area contributed by atoms with Gasteiger partial charge in [-0.3, -0.25) is 0 Å². The van der Waals surface area contributed by atoms with Crippen molar-refractivity contribution in [2.75, 3.05) is 132 Å². The van der Waals surface area contributed by atoms with Gasteiger partial charge in [0.05, 0.1) is 119 Å². The molecule has 0 aromatic heterocycles. The lowest BCUT2D eigenvalue weighted by Crippen LogP contribution is -2.15. The second kappa shape index (κ2) is 52.6. The van der Waals surface area contributed by atoms with Crippen LogP contribution in [-0.4, -0.2) is 132 Å². The van der Waals surface area contributed by atoms with Gasteiger partial charge in [-0.15, -0.1) is 0 Å². The van der Waals surface area contributed by atoms with E-state index in [1.807, 2.05) is 0 Å². The second-order valence-electron chi connectivity index (χ2n) is 14.2. The van der Waals surface area contributed by atoms with E-state index in [1.165, 1.54) is 128 Å². The first-order chi connectivity index (χ1) is 26.9. The Morgan fingerprint density at radius 3 is 0.444 bits per heavy atom. The maximum absolute atomic E-state index is 5.69. The smallest absolute Gasteiger partial charge is 0.0701 e. The van der Waals surface area contributed by atoms with E-state index in [-0.39, 0.29) is 0 Å². The van der Waals surface area contributed by atoms with Crippen LogP contribution in [0.4, 0.5) is 0 Å². The van der Waals surface area contributed by atoms with Gasteiger partial charge in [0.15, 0.2) is 0 Å². The van der Waals surface area contributed by atoms with Crippen LogP contribution in [0, 0.1) is 0 Å². The molecule has 0 bridgehead atoms. The molecule has 0 unspecified atom stereocenters. The van der Waals surface area contributed by atoms with Gasteiger partial charge in [0.1, 0.15) is 0 Å². The average molecular weight is 779 g/mol. The largest absolute Gasteiger partial charge is 0.379 e. The van der Waals surface area contributed by atoms with Crippen LogP contribution in [-0.2, 0) is 47.4 Å². The fourth-order valence-electron chi connectivity index (χ4n) is 5.82. The Bertz CT molecular complexity index is 578. The lowest BCUT2D eigenvalue weighted by molar-refractivity contribution is -0.0264. The fraction of sp³-hybridized carbons (Fsp3) is 1.00. The molecule has 0 N–H and O–H groups in total. The number of unbranched alkanes of at least 4 members (excludes halogenated alkanes) is 20. The topological polar surface area (TPSA) is 92.3 Å². The summed E-state index contributed by atoms with van der Waals surface area (Å²) in [6.45, 7) is 16.5. The molecule has 0 aromatic carbocycles. The van der Waals surface area contributed by atoms with Crippen molar-refractivity contribution >= 4 is 0 Å². The monoisotopic (exact) mass is 779 g/mol.